The van der Waals surface area contributed by atoms with E-state index in [0.29, 0.717) is 31.9 Å². The number of benzene rings is 1. The van der Waals surface area contributed by atoms with Gasteiger partial charge in [0, 0.05) is 32.2 Å². The van der Waals surface area contributed by atoms with Crippen molar-refractivity contribution in [3.05, 3.63) is 58.3 Å². The van der Waals surface area contributed by atoms with Gasteiger partial charge in [0.1, 0.15) is 5.82 Å². The van der Waals surface area contributed by atoms with Crippen LogP contribution in [0.15, 0.2) is 41.3 Å². The number of carbonyl (C=O) groups excluding carboxylic acids is 1. The highest BCUT2D eigenvalue weighted by atomic mass is 19.1. The summed E-state index contributed by atoms with van der Waals surface area (Å²) in [6, 6.07) is 7.58. The molecule has 3 heterocycles. The zero-order valence-corrected chi connectivity index (χ0v) is 16.3. The van der Waals surface area contributed by atoms with Crippen LogP contribution in [0.2, 0.25) is 0 Å². The average Bonchev–Trinajstić information content (AvgIpc) is 2.74. The summed E-state index contributed by atoms with van der Waals surface area (Å²) in [6.45, 7) is 3.87. The maximum atomic E-state index is 13.4. The Bertz CT molecular complexity index is 926. The van der Waals surface area contributed by atoms with Gasteiger partial charge in [0.2, 0.25) is 5.91 Å². The Hall–Kier alpha value is -2.74. The molecule has 154 valence electrons. The smallest absolute Gasteiger partial charge is 0.269 e. The van der Waals surface area contributed by atoms with E-state index in [-0.39, 0.29) is 29.7 Å². The molecule has 0 spiro atoms. The van der Waals surface area contributed by atoms with Crippen molar-refractivity contribution >= 4 is 11.6 Å². The lowest BCUT2D eigenvalue weighted by molar-refractivity contribution is -0.132. The van der Waals surface area contributed by atoms with Gasteiger partial charge >= 0.3 is 0 Å². The van der Waals surface area contributed by atoms with Crippen molar-refractivity contribution in [2.24, 2.45) is 0 Å². The van der Waals surface area contributed by atoms with Gasteiger partial charge in [0.05, 0.1) is 37.6 Å². The number of rotatable bonds is 4. The van der Waals surface area contributed by atoms with E-state index < -0.39 is 0 Å². The SMILES string of the molecule is O=C(Cc1cccc(F)c1)N1CCCC(n2ncc(N3CCOCC3)cc2=O)C1. The Morgan fingerprint density at radius 3 is 2.79 bits per heavy atom. The molecule has 2 aliphatic rings. The highest BCUT2D eigenvalue weighted by Gasteiger charge is 2.26. The second kappa shape index (κ2) is 8.73. The molecule has 2 aromatic rings. The molecule has 2 aliphatic heterocycles. The van der Waals surface area contributed by atoms with Crippen LogP contribution in [0.1, 0.15) is 24.4 Å². The van der Waals surface area contributed by atoms with Crippen LogP contribution in [0.4, 0.5) is 10.1 Å². The van der Waals surface area contributed by atoms with Gasteiger partial charge in [0.15, 0.2) is 0 Å². The summed E-state index contributed by atoms with van der Waals surface area (Å²) >= 11 is 0. The number of hydrogen-bond donors (Lipinski definition) is 0. The molecule has 0 aliphatic carbocycles. The second-order valence-electron chi connectivity index (χ2n) is 7.54. The van der Waals surface area contributed by atoms with E-state index >= 15 is 0 Å². The molecule has 1 aromatic heterocycles. The summed E-state index contributed by atoms with van der Waals surface area (Å²) in [4.78, 5) is 29.2. The predicted octanol–water partition coefficient (Wildman–Crippen LogP) is 1.63. The van der Waals surface area contributed by atoms with E-state index in [9.17, 15) is 14.0 Å². The summed E-state index contributed by atoms with van der Waals surface area (Å²) in [5, 5.41) is 4.40. The third-order valence-corrected chi connectivity index (χ3v) is 5.53. The summed E-state index contributed by atoms with van der Waals surface area (Å²) in [5.74, 6) is -0.402. The van der Waals surface area contributed by atoms with Crippen LogP contribution in [0, 0.1) is 5.82 Å². The summed E-state index contributed by atoms with van der Waals surface area (Å²) in [7, 11) is 0. The zero-order valence-electron chi connectivity index (χ0n) is 16.3. The Morgan fingerprint density at radius 1 is 1.21 bits per heavy atom. The predicted molar refractivity (Wildman–Crippen MR) is 106 cm³/mol. The summed E-state index contributed by atoms with van der Waals surface area (Å²) < 4.78 is 20.2. The summed E-state index contributed by atoms with van der Waals surface area (Å²) in [5.41, 5.74) is 1.31. The number of amides is 1. The molecule has 2 fully saturated rings. The topological polar surface area (TPSA) is 67.7 Å². The van der Waals surface area contributed by atoms with Crippen molar-refractivity contribution in [2.75, 3.05) is 44.3 Å². The van der Waals surface area contributed by atoms with E-state index in [0.717, 1.165) is 31.6 Å². The maximum absolute atomic E-state index is 13.4. The Kier molecular flexibility index (Phi) is 5.89. The fraction of sp³-hybridized carbons (Fsp3) is 0.476. The van der Waals surface area contributed by atoms with Crippen molar-refractivity contribution in [3.8, 4) is 0 Å². The quantitative estimate of drug-likeness (QED) is 0.780. The van der Waals surface area contributed by atoms with Gasteiger partial charge in [-0.15, -0.1) is 0 Å². The van der Waals surface area contributed by atoms with Crippen LogP contribution in [-0.2, 0) is 16.0 Å². The fourth-order valence-corrected chi connectivity index (χ4v) is 3.99. The van der Waals surface area contributed by atoms with E-state index in [1.807, 2.05) is 0 Å². The van der Waals surface area contributed by atoms with Gasteiger partial charge in [-0.1, -0.05) is 12.1 Å². The first-order valence-corrected chi connectivity index (χ1v) is 10.0. The average molecular weight is 400 g/mol. The van der Waals surface area contributed by atoms with Gasteiger partial charge in [-0.3, -0.25) is 9.59 Å². The zero-order chi connectivity index (χ0) is 20.2. The number of anilines is 1. The molecule has 4 rings (SSSR count). The van der Waals surface area contributed by atoms with Crippen molar-refractivity contribution < 1.29 is 13.9 Å². The van der Waals surface area contributed by atoms with Crippen molar-refractivity contribution in [2.45, 2.75) is 25.3 Å². The molecule has 7 nitrogen and oxygen atoms in total. The number of aromatic nitrogens is 2. The third-order valence-electron chi connectivity index (χ3n) is 5.53. The van der Waals surface area contributed by atoms with E-state index in [1.165, 1.54) is 16.8 Å². The van der Waals surface area contributed by atoms with Crippen molar-refractivity contribution in [1.29, 1.82) is 0 Å². The molecule has 0 bridgehead atoms. The Balaban J connectivity index is 1.43. The van der Waals surface area contributed by atoms with Crippen molar-refractivity contribution in [3.63, 3.8) is 0 Å². The largest absolute Gasteiger partial charge is 0.378 e. The molecule has 0 N–H and O–H groups in total. The molecular formula is C21H25FN4O3. The lowest BCUT2D eigenvalue weighted by Gasteiger charge is -2.33. The molecule has 1 unspecified atom stereocenters. The second-order valence-corrected chi connectivity index (χ2v) is 7.54. The summed E-state index contributed by atoms with van der Waals surface area (Å²) in [6.07, 6.45) is 3.48. The molecule has 0 saturated carbocycles. The molecule has 8 heteroatoms. The van der Waals surface area contributed by atoms with E-state index in [2.05, 4.69) is 10.00 Å². The minimum atomic E-state index is -0.345. The van der Waals surface area contributed by atoms with E-state index in [4.69, 9.17) is 4.74 Å². The van der Waals surface area contributed by atoms with Crippen LogP contribution >= 0.6 is 0 Å². The van der Waals surface area contributed by atoms with Crippen LogP contribution < -0.4 is 10.5 Å². The van der Waals surface area contributed by atoms with Gasteiger partial charge in [-0.25, -0.2) is 9.07 Å². The first-order valence-electron chi connectivity index (χ1n) is 10.0. The number of ether oxygens (including phenoxy) is 1. The highest BCUT2D eigenvalue weighted by Crippen LogP contribution is 2.21. The fourth-order valence-electron chi connectivity index (χ4n) is 3.99. The molecule has 1 atom stereocenters. The molecule has 0 radical (unpaired) electrons. The van der Waals surface area contributed by atoms with Crippen LogP contribution in [0.3, 0.4) is 0 Å². The van der Waals surface area contributed by atoms with Gasteiger partial charge < -0.3 is 14.5 Å². The monoisotopic (exact) mass is 400 g/mol. The normalized spacial score (nSPS) is 20.0. The Labute approximate surface area is 168 Å². The number of hydrogen-bond acceptors (Lipinski definition) is 5. The number of halogens is 1. The number of nitrogens with zero attached hydrogens (tertiary/aromatic N) is 4. The first-order chi connectivity index (χ1) is 14.1. The molecule has 2 saturated heterocycles. The Morgan fingerprint density at radius 2 is 2.03 bits per heavy atom. The van der Waals surface area contributed by atoms with E-state index in [1.54, 1.807) is 29.3 Å². The van der Waals surface area contributed by atoms with Crippen LogP contribution in [0.5, 0.6) is 0 Å². The third kappa shape index (κ3) is 4.64. The van der Waals surface area contributed by atoms with Crippen molar-refractivity contribution in [1.82, 2.24) is 14.7 Å². The number of morpholine rings is 1. The number of likely N-dealkylation sites (tertiary alicyclic amines) is 1. The standard InChI is InChI=1S/C21H25FN4O3/c22-17-4-1-3-16(11-17)12-20(27)25-6-2-5-18(15-25)26-21(28)13-19(14-23-26)24-7-9-29-10-8-24/h1,3-4,11,13-14,18H,2,5-10,12,15H2. The number of carbonyl (C=O) groups is 1. The number of piperidine rings is 1. The van der Waals surface area contributed by atoms with Gasteiger partial charge in [-0.05, 0) is 30.5 Å². The lowest BCUT2D eigenvalue weighted by atomic mass is 10.0. The van der Waals surface area contributed by atoms with Crippen LogP contribution in [0.25, 0.3) is 0 Å². The molecule has 1 amide bonds. The van der Waals surface area contributed by atoms with Gasteiger partial charge in [0.25, 0.3) is 5.56 Å². The molecular weight excluding hydrogens is 375 g/mol. The van der Waals surface area contributed by atoms with Gasteiger partial charge in [-0.2, -0.15) is 5.10 Å². The molecule has 29 heavy (non-hydrogen) atoms. The minimum absolute atomic E-state index is 0.0571. The lowest BCUT2D eigenvalue weighted by Crippen LogP contribution is -2.44. The molecule has 1 aromatic carbocycles. The van der Waals surface area contributed by atoms with Crippen LogP contribution in [-0.4, -0.2) is 60.0 Å². The maximum Gasteiger partial charge on any atom is 0.269 e. The first kappa shape index (κ1) is 19.6. The highest BCUT2D eigenvalue weighted by molar-refractivity contribution is 5.78. The minimum Gasteiger partial charge on any atom is -0.378 e.